The number of hydrogen-bond donors (Lipinski definition) is 0. The minimum atomic E-state index is -0.132. The summed E-state index contributed by atoms with van der Waals surface area (Å²) in [4.78, 5) is 12.9. The van der Waals surface area contributed by atoms with Gasteiger partial charge in [0.2, 0.25) is 0 Å². The molecule has 0 heterocycles. The Morgan fingerprint density at radius 2 is 1.35 bits per heavy atom. The molecule has 0 aromatic heterocycles. The first kappa shape index (κ1) is 22.2. The molecular weight excluding hydrogens is 376 g/mol. The van der Waals surface area contributed by atoms with E-state index in [1.54, 1.807) is 0 Å². The van der Waals surface area contributed by atoms with Crippen LogP contribution >= 0.6 is 0 Å². The highest BCUT2D eigenvalue weighted by atomic mass is 16.1. The smallest absolute Gasteiger partial charge is 0.138 e. The van der Waals surface area contributed by atoms with Crippen molar-refractivity contribution in [3.8, 4) is 0 Å². The van der Waals surface area contributed by atoms with Crippen LogP contribution in [0.25, 0.3) is 0 Å². The fourth-order valence-electron chi connectivity index (χ4n) is 10.3. The van der Waals surface area contributed by atoms with E-state index in [4.69, 9.17) is 0 Å². The van der Waals surface area contributed by atoms with E-state index in [2.05, 4.69) is 55.4 Å². The second-order valence-electron chi connectivity index (χ2n) is 14.9. The maximum atomic E-state index is 12.9. The van der Waals surface area contributed by atoms with Crippen LogP contribution in [0.4, 0.5) is 0 Å². The molecule has 0 aromatic carbocycles. The van der Waals surface area contributed by atoms with E-state index >= 15 is 0 Å². The van der Waals surface area contributed by atoms with Crippen LogP contribution in [0.15, 0.2) is 11.1 Å². The van der Waals surface area contributed by atoms with Gasteiger partial charge in [0.15, 0.2) is 0 Å². The van der Waals surface area contributed by atoms with Crippen molar-refractivity contribution in [2.24, 2.45) is 44.3 Å². The quantitative estimate of drug-likeness (QED) is 0.356. The molecule has 1 nitrogen and oxygen atoms in total. The zero-order valence-electron chi connectivity index (χ0n) is 21.8. The van der Waals surface area contributed by atoms with E-state index in [1.807, 2.05) is 11.1 Å². The number of rotatable bonds is 0. The average molecular weight is 425 g/mol. The van der Waals surface area contributed by atoms with Gasteiger partial charge in [-0.3, -0.25) is 4.79 Å². The third kappa shape index (κ3) is 2.70. The molecule has 6 atom stereocenters. The van der Waals surface area contributed by atoms with Crippen LogP contribution in [0.2, 0.25) is 0 Å². The highest BCUT2D eigenvalue weighted by Gasteiger charge is 2.67. The molecule has 5 aliphatic carbocycles. The maximum absolute atomic E-state index is 12.9. The highest BCUT2D eigenvalue weighted by Crippen LogP contribution is 2.75. The topological polar surface area (TPSA) is 17.1 Å². The Balaban J connectivity index is 1.60. The molecule has 5 aliphatic rings. The van der Waals surface area contributed by atoms with Gasteiger partial charge < -0.3 is 0 Å². The fraction of sp³-hybridized carbons (Fsp3) is 0.900. The van der Waals surface area contributed by atoms with Gasteiger partial charge in [0.05, 0.1) is 0 Å². The number of carbonyl (C=O) groups is 1. The molecule has 31 heavy (non-hydrogen) atoms. The lowest BCUT2D eigenvalue weighted by Gasteiger charge is -2.70. The molecular formula is C30H48O. The molecule has 0 radical (unpaired) electrons. The zero-order valence-corrected chi connectivity index (χ0v) is 21.8. The van der Waals surface area contributed by atoms with Crippen molar-refractivity contribution < 1.29 is 4.79 Å². The highest BCUT2D eigenvalue weighted by molar-refractivity contribution is 5.85. The van der Waals surface area contributed by atoms with Gasteiger partial charge in [0, 0.05) is 11.8 Å². The molecule has 4 saturated carbocycles. The molecule has 4 fully saturated rings. The summed E-state index contributed by atoms with van der Waals surface area (Å²) < 4.78 is 0. The van der Waals surface area contributed by atoms with Crippen LogP contribution < -0.4 is 0 Å². The van der Waals surface area contributed by atoms with E-state index in [0.29, 0.717) is 38.8 Å². The molecule has 0 unspecified atom stereocenters. The van der Waals surface area contributed by atoms with E-state index in [9.17, 15) is 4.79 Å². The zero-order chi connectivity index (χ0) is 22.7. The Morgan fingerprint density at radius 3 is 2.06 bits per heavy atom. The summed E-state index contributed by atoms with van der Waals surface area (Å²) in [5.74, 6) is 1.86. The van der Waals surface area contributed by atoms with Crippen LogP contribution in [-0.2, 0) is 4.79 Å². The third-order valence-corrected chi connectivity index (χ3v) is 12.7. The number of ketones is 1. The number of Topliss-reactive ketones (excluding diaryl/α,β-unsaturated/α-hetero) is 1. The summed E-state index contributed by atoms with van der Waals surface area (Å²) in [7, 11) is 0. The Hall–Kier alpha value is -0.590. The van der Waals surface area contributed by atoms with Gasteiger partial charge in [0.25, 0.3) is 0 Å². The Kier molecular flexibility index (Phi) is 4.51. The van der Waals surface area contributed by atoms with Gasteiger partial charge in [-0.05, 0) is 103 Å². The summed E-state index contributed by atoms with van der Waals surface area (Å²) in [5.41, 5.74) is 5.67. The first-order chi connectivity index (χ1) is 14.2. The van der Waals surface area contributed by atoms with Crippen molar-refractivity contribution in [3.05, 3.63) is 11.1 Å². The minimum Gasteiger partial charge on any atom is -0.299 e. The molecule has 0 aliphatic heterocycles. The lowest BCUT2D eigenvalue weighted by Crippen LogP contribution is -2.63. The Bertz CT molecular complexity index is 844. The summed E-state index contributed by atoms with van der Waals surface area (Å²) in [6.45, 7) is 20.1. The summed E-state index contributed by atoms with van der Waals surface area (Å²) in [6.07, 6.45) is 14.1. The van der Waals surface area contributed by atoms with Gasteiger partial charge in [-0.25, -0.2) is 0 Å². The monoisotopic (exact) mass is 424 g/mol. The molecule has 5 rings (SSSR count). The average Bonchev–Trinajstić information content (AvgIpc) is 2.67. The summed E-state index contributed by atoms with van der Waals surface area (Å²) >= 11 is 0. The molecule has 174 valence electrons. The first-order valence-electron chi connectivity index (χ1n) is 13.5. The summed E-state index contributed by atoms with van der Waals surface area (Å²) in [6, 6.07) is 0. The van der Waals surface area contributed by atoms with E-state index in [0.717, 1.165) is 18.8 Å². The van der Waals surface area contributed by atoms with Crippen molar-refractivity contribution in [3.63, 3.8) is 0 Å². The van der Waals surface area contributed by atoms with Gasteiger partial charge >= 0.3 is 0 Å². The molecule has 0 N–H and O–H groups in total. The number of fused-ring (bicyclic) bond motifs is 6. The van der Waals surface area contributed by atoms with Crippen molar-refractivity contribution in [2.45, 2.75) is 126 Å². The molecule has 0 bridgehead atoms. The molecule has 1 heteroatoms. The van der Waals surface area contributed by atoms with E-state index < -0.39 is 0 Å². The lowest BCUT2D eigenvalue weighted by molar-refractivity contribution is -0.184. The third-order valence-electron chi connectivity index (χ3n) is 12.7. The largest absolute Gasteiger partial charge is 0.299 e. The maximum Gasteiger partial charge on any atom is 0.138 e. The van der Waals surface area contributed by atoms with E-state index in [-0.39, 0.29) is 5.41 Å². The molecule has 0 spiro atoms. The minimum absolute atomic E-state index is 0.132. The van der Waals surface area contributed by atoms with Crippen LogP contribution in [0, 0.1) is 44.3 Å². The van der Waals surface area contributed by atoms with Crippen LogP contribution in [0.5, 0.6) is 0 Å². The Labute approximate surface area is 192 Å². The SMILES string of the molecule is CC1(C)CC[C@]2(C)CC[C@@]3(C)C(=C2C1)CC[C@@H]1[C@@]2(C)CCC(=O)C(C)(C)[C@@H]2CC[C@]13C. The normalized spacial score (nSPS) is 50.8. The molecule has 0 amide bonds. The second-order valence-corrected chi connectivity index (χ2v) is 14.9. The van der Waals surface area contributed by atoms with Crippen molar-refractivity contribution in [1.29, 1.82) is 0 Å². The number of hydrogen-bond acceptors (Lipinski definition) is 1. The van der Waals surface area contributed by atoms with Crippen molar-refractivity contribution in [1.82, 2.24) is 0 Å². The first-order valence-corrected chi connectivity index (χ1v) is 13.5. The van der Waals surface area contributed by atoms with Gasteiger partial charge in [-0.2, -0.15) is 0 Å². The number of allylic oxidation sites excluding steroid dienone is 2. The standard InChI is InChI=1S/C30H48O/c1-25(2)15-16-27(5)17-18-29(7)20(21(27)19-25)9-10-23-28(6)13-12-24(31)26(3,4)22(28)11-14-30(23,29)8/h22-23H,9-19H2,1-8H3/t22-,23+,27+,28-,29-,30+/m0/s1. The summed E-state index contributed by atoms with van der Waals surface area (Å²) in [5, 5.41) is 0. The second kappa shape index (κ2) is 6.29. The lowest BCUT2D eigenvalue weighted by atomic mass is 9.34. The predicted octanol–water partition coefficient (Wildman–Crippen LogP) is 8.52. The predicted molar refractivity (Wildman–Crippen MR) is 130 cm³/mol. The van der Waals surface area contributed by atoms with Crippen LogP contribution in [0.1, 0.15) is 126 Å². The molecule has 0 saturated heterocycles. The number of carbonyl (C=O) groups excluding carboxylic acids is 1. The van der Waals surface area contributed by atoms with Gasteiger partial charge in [-0.15, -0.1) is 0 Å². The fourth-order valence-corrected chi connectivity index (χ4v) is 10.3. The van der Waals surface area contributed by atoms with Gasteiger partial charge in [0.1, 0.15) is 5.78 Å². The van der Waals surface area contributed by atoms with Crippen LogP contribution in [0.3, 0.4) is 0 Å². The molecule has 0 aromatic rings. The van der Waals surface area contributed by atoms with Crippen molar-refractivity contribution >= 4 is 5.78 Å². The van der Waals surface area contributed by atoms with Crippen LogP contribution in [-0.4, -0.2) is 5.78 Å². The van der Waals surface area contributed by atoms with Crippen molar-refractivity contribution in [2.75, 3.05) is 0 Å². The van der Waals surface area contributed by atoms with E-state index in [1.165, 1.54) is 57.8 Å². The van der Waals surface area contributed by atoms with Gasteiger partial charge in [-0.1, -0.05) is 66.5 Å². The Morgan fingerprint density at radius 1 is 0.677 bits per heavy atom.